The van der Waals surface area contributed by atoms with Crippen LogP contribution in [0.1, 0.15) is 59.2 Å². The highest BCUT2D eigenvalue weighted by molar-refractivity contribution is 7.13. The molecule has 2 aromatic rings. The van der Waals surface area contributed by atoms with Gasteiger partial charge in [0.2, 0.25) is 0 Å². The second-order valence-corrected chi connectivity index (χ2v) is 8.21. The Labute approximate surface area is 164 Å². The molecule has 27 heavy (non-hydrogen) atoms. The van der Waals surface area contributed by atoms with Gasteiger partial charge >= 0.3 is 6.09 Å². The highest BCUT2D eigenvalue weighted by Gasteiger charge is 2.29. The number of hydrogen-bond donors (Lipinski definition) is 1. The van der Waals surface area contributed by atoms with Crippen molar-refractivity contribution in [2.75, 3.05) is 13.1 Å². The van der Waals surface area contributed by atoms with Crippen molar-refractivity contribution in [3.63, 3.8) is 0 Å². The molecule has 0 bridgehead atoms. The van der Waals surface area contributed by atoms with Gasteiger partial charge in [-0.15, -0.1) is 11.3 Å². The molecular formula is C20H29N3O3S. The molecule has 0 aromatic carbocycles. The summed E-state index contributed by atoms with van der Waals surface area (Å²) in [5.74, 6) is 0.651. The maximum absolute atomic E-state index is 12.3. The highest BCUT2D eigenvalue weighted by atomic mass is 32.1. The molecule has 148 valence electrons. The zero-order chi connectivity index (χ0) is 20.0. The average Bonchev–Trinajstić information content (AvgIpc) is 3.16. The number of nitrogens with one attached hydrogen (secondary N) is 1. The Morgan fingerprint density at radius 2 is 2.11 bits per heavy atom. The lowest BCUT2D eigenvalue weighted by molar-refractivity contribution is 0.0196. The maximum Gasteiger partial charge on any atom is 0.410 e. The van der Waals surface area contributed by atoms with Crippen LogP contribution in [0.4, 0.5) is 4.79 Å². The van der Waals surface area contributed by atoms with E-state index in [9.17, 15) is 9.59 Å². The van der Waals surface area contributed by atoms with Crippen molar-refractivity contribution in [1.82, 2.24) is 14.9 Å². The number of nitrogens with zero attached hydrogens (tertiary/aromatic N) is 2. The van der Waals surface area contributed by atoms with Crippen molar-refractivity contribution >= 4 is 17.4 Å². The largest absolute Gasteiger partial charge is 0.444 e. The van der Waals surface area contributed by atoms with Gasteiger partial charge in [0.25, 0.3) is 5.56 Å². The summed E-state index contributed by atoms with van der Waals surface area (Å²) in [5, 5.41) is 1.96. The van der Waals surface area contributed by atoms with Gasteiger partial charge in [-0.3, -0.25) is 4.79 Å². The summed E-state index contributed by atoms with van der Waals surface area (Å²) < 4.78 is 5.46. The third kappa shape index (κ3) is 5.92. The Hall–Kier alpha value is -2.15. The molecule has 1 amide bonds. The second kappa shape index (κ2) is 9.17. The summed E-state index contributed by atoms with van der Waals surface area (Å²) in [5.41, 5.74) is 0.00121. The molecule has 2 aromatic heterocycles. The summed E-state index contributed by atoms with van der Waals surface area (Å²) in [6.07, 6.45) is 1.43. The van der Waals surface area contributed by atoms with Crippen molar-refractivity contribution < 1.29 is 9.53 Å². The van der Waals surface area contributed by atoms with Crippen molar-refractivity contribution in [3.8, 4) is 10.6 Å². The van der Waals surface area contributed by atoms with Gasteiger partial charge in [-0.25, -0.2) is 9.78 Å². The number of piperidine rings is 1. The molecule has 3 heterocycles. The predicted octanol–water partition coefficient (Wildman–Crippen LogP) is 4.64. The number of H-pyrrole nitrogens is 1. The minimum atomic E-state index is -0.518. The zero-order valence-corrected chi connectivity index (χ0v) is 17.6. The van der Waals surface area contributed by atoms with Gasteiger partial charge in [-0.1, -0.05) is 19.9 Å². The van der Waals surface area contributed by atoms with Crippen molar-refractivity contribution in [2.24, 2.45) is 0 Å². The number of carbonyl (C=O) groups is 1. The first-order chi connectivity index (χ1) is 12.8. The van der Waals surface area contributed by atoms with E-state index < -0.39 is 5.60 Å². The average molecular weight is 392 g/mol. The van der Waals surface area contributed by atoms with E-state index in [1.807, 2.05) is 52.1 Å². The molecule has 7 heteroatoms. The SMILES string of the molecule is CC.CC(C)(C)OC(=O)N1CCCC(c2nc(-c3cccs3)cc(=O)[nH]2)C1. The number of likely N-dealkylation sites (tertiary alicyclic amines) is 1. The second-order valence-electron chi connectivity index (χ2n) is 7.26. The van der Waals surface area contributed by atoms with Crippen LogP contribution in [0.2, 0.25) is 0 Å². The summed E-state index contributed by atoms with van der Waals surface area (Å²) in [4.78, 5) is 34.5. The molecule has 1 fully saturated rings. The molecule has 1 atom stereocenters. The molecule has 0 radical (unpaired) electrons. The molecule has 6 nitrogen and oxygen atoms in total. The van der Waals surface area contributed by atoms with E-state index >= 15 is 0 Å². The van der Waals surface area contributed by atoms with Crippen LogP contribution in [0, 0.1) is 0 Å². The van der Waals surface area contributed by atoms with Gasteiger partial charge in [0, 0.05) is 25.1 Å². The molecule has 1 aliphatic heterocycles. The van der Waals surface area contributed by atoms with Crippen LogP contribution in [-0.4, -0.2) is 39.7 Å². The molecule has 0 spiro atoms. The lowest BCUT2D eigenvalue weighted by Crippen LogP contribution is -2.42. The van der Waals surface area contributed by atoms with Crippen LogP contribution in [0.5, 0.6) is 0 Å². The van der Waals surface area contributed by atoms with E-state index in [1.54, 1.807) is 16.2 Å². The fourth-order valence-corrected chi connectivity index (χ4v) is 3.60. The van der Waals surface area contributed by atoms with Crippen molar-refractivity contribution in [3.05, 3.63) is 39.8 Å². The lowest BCUT2D eigenvalue weighted by Gasteiger charge is -2.33. The number of rotatable bonds is 2. The van der Waals surface area contributed by atoms with E-state index in [2.05, 4.69) is 9.97 Å². The molecule has 1 N–H and O–H groups in total. The Kier molecular flexibility index (Phi) is 7.18. The Morgan fingerprint density at radius 3 is 2.74 bits per heavy atom. The van der Waals surface area contributed by atoms with Crippen LogP contribution in [0.3, 0.4) is 0 Å². The first-order valence-electron chi connectivity index (χ1n) is 9.45. The van der Waals surface area contributed by atoms with E-state index in [4.69, 9.17) is 4.74 Å². The van der Waals surface area contributed by atoms with Crippen LogP contribution in [0.15, 0.2) is 28.4 Å². The summed E-state index contributed by atoms with van der Waals surface area (Å²) >= 11 is 1.55. The minimum Gasteiger partial charge on any atom is -0.444 e. The van der Waals surface area contributed by atoms with E-state index in [-0.39, 0.29) is 17.6 Å². The van der Waals surface area contributed by atoms with Gasteiger partial charge in [0.15, 0.2) is 0 Å². The number of aromatic nitrogens is 2. The monoisotopic (exact) mass is 391 g/mol. The van der Waals surface area contributed by atoms with E-state index in [1.165, 1.54) is 6.07 Å². The fourth-order valence-electron chi connectivity index (χ4n) is 2.91. The number of ether oxygens (including phenoxy) is 1. The van der Waals surface area contributed by atoms with Crippen LogP contribution in [0.25, 0.3) is 10.6 Å². The molecule has 3 rings (SSSR count). The molecule has 0 saturated carbocycles. The number of aromatic amines is 1. The van der Waals surface area contributed by atoms with Gasteiger partial charge in [-0.2, -0.15) is 0 Å². The van der Waals surface area contributed by atoms with E-state index in [0.29, 0.717) is 24.6 Å². The predicted molar refractivity (Wildman–Crippen MR) is 109 cm³/mol. The topological polar surface area (TPSA) is 75.3 Å². The lowest BCUT2D eigenvalue weighted by atomic mass is 9.97. The summed E-state index contributed by atoms with van der Waals surface area (Å²) in [6.45, 7) is 10.7. The first kappa shape index (κ1) is 21.2. The van der Waals surface area contributed by atoms with Crippen LogP contribution >= 0.6 is 11.3 Å². The van der Waals surface area contributed by atoms with Crippen molar-refractivity contribution in [1.29, 1.82) is 0 Å². The smallest absolute Gasteiger partial charge is 0.410 e. The summed E-state index contributed by atoms with van der Waals surface area (Å²) in [7, 11) is 0. The number of hydrogen-bond acceptors (Lipinski definition) is 5. The minimum absolute atomic E-state index is 0.00822. The first-order valence-corrected chi connectivity index (χ1v) is 10.3. The third-order valence-corrected chi connectivity index (χ3v) is 4.89. The molecule has 1 unspecified atom stereocenters. The van der Waals surface area contributed by atoms with Crippen molar-refractivity contribution in [2.45, 2.75) is 59.0 Å². The molecule has 0 aliphatic carbocycles. The number of amides is 1. The van der Waals surface area contributed by atoms with Gasteiger partial charge in [0.1, 0.15) is 11.4 Å². The third-order valence-electron chi connectivity index (χ3n) is 3.99. The standard InChI is InChI=1S/C18H23N3O3S.C2H6/c1-18(2,3)24-17(23)21-8-4-6-12(11-21)16-19-13(10-15(22)20-16)14-7-5-9-25-14;1-2/h5,7,9-10,12H,4,6,8,11H2,1-3H3,(H,19,20,22);1-2H3. The Bertz CT molecular complexity index is 794. The van der Waals surface area contributed by atoms with Gasteiger partial charge in [0.05, 0.1) is 10.6 Å². The van der Waals surface area contributed by atoms with E-state index in [0.717, 1.165) is 17.7 Å². The van der Waals surface area contributed by atoms with Crippen LogP contribution < -0.4 is 5.56 Å². The fraction of sp³-hybridized carbons (Fsp3) is 0.550. The highest BCUT2D eigenvalue weighted by Crippen LogP contribution is 2.27. The molecule has 1 saturated heterocycles. The quantitative estimate of drug-likeness (QED) is 0.809. The Morgan fingerprint density at radius 1 is 1.37 bits per heavy atom. The van der Waals surface area contributed by atoms with Gasteiger partial charge in [-0.05, 0) is 45.1 Å². The number of thiophene rings is 1. The molecule has 1 aliphatic rings. The molecular weight excluding hydrogens is 362 g/mol. The number of carbonyl (C=O) groups excluding carboxylic acids is 1. The normalized spacial score (nSPS) is 17.1. The Balaban J connectivity index is 0.00000126. The summed E-state index contributed by atoms with van der Waals surface area (Å²) in [6, 6.07) is 5.40. The van der Waals surface area contributed by atoms with Crippen LogP contribution in [-0.2, 0) is 4.74 Å². The maximum atomic E-state index is 12.3. The zero-order valence-electron chi connectivity index (χ0n) is 16.7. The van der Waals surface area contributed by atoms with Gasteiger partial charge < -0.3 is 14.6 Å².